The monoisotopic (exact) mass is 487 g/mol. The summed E-state index contributed by atoms with van der Waals surface area (Å²) in [5.74, 6) is 1.50. The van der Waals surface area contributed by atoms with Crippen LogP contribution in [0.4, 0.5) is 4.39 Å². The summed E-state index contributed by atoms with van der Waals surface area (Å²) >= 11 is 0. The standard InChI is InChI=1S/C30H34FN3O2/c1-22-12-17-26(21-23(22)2)36-20-8-19-34-28-10-6-5-9-27(28)33-29(34)11-4-3-7-18-32-30(35)24-13-15-25(31)16-14-24/h5-6,9-10,12-17,21H,3-4,7-8,11,18-20H2,1-2H3,(H,32,35). The number of aromatic nitrogens is 2. The van der Waals surface area contributed by atoms with E-state index < -0.39 is 0 Å². The second kappa shape index (κ2) is 12.3. The van der Waals surface area contributed by atoms with Gasteiger partial charge in [0.05, 0.1) is 17.6 Å². The molecule has 0 aliphatic rings. The average Bonchev–Trinajstić information content (AvgIpc) is 3.23. The SMILES string of the molecule is Cc1ccc(OCCCn2c(CCCCCNC(=O)c3ccc(F)cc3)nc3ccccc32)cc1C. The van der Waals surface area contributed by atoms with E-state index in [9.17, 15) is 9.18 Å². The van der Waals surface area contributed by atoms with E-state index in [1.807, 2.05) is 12.1 Å². The molecule has 5 nitrogen and oxygen atoms in total. The fraction of sp³-hybridized carbons (Fsp3) is 0.333. The molecule has 0 saturated carbocycles. The highest BCUT2D eigenvalue weighted by Crippen LogP contribution is 2.20. The molecule has 4 rings (SSSR count). The molecule has 0 fully saturated rings. The van der Waals surface area contributed by atoms with E-state index in [4.69, 9.17) is 9.72 Å². The number of hydrogen-bond acceptors (Lipinski definition) is 3. The van der Waals surface area contributed by atoms with E-state index in [0.29, 0.717) is 18.7 Å². The van der Waals surface area contributed by atoms with Crippen molar-refractivity contribution < 1.29 is 13.9 Å². The lowest BCUT2D eigenvalue weighted by atomic mass is 10.1. The lowest BCUT2D eigenvalue weighted by Gasteiger charge is -2.11. The van der Waals surface area contributed by atoms with Crippen molar-refractivity contribution in [1.29, 1.82) is 0 Å². The zero-order chi connectivity index (χ0) is 25.3. The smallest absolute Gasteiger partial charge is 0.251 e. The highest BCUT2D eigenvalue weighted by Gasteiger charge is 2.11. The number of fused-ring (bicyclic) bond motifs is 1. The summed E-state index contributed by atoms with van der Waals surface area (Å²) in [6, 6.07) is 20.1. The van der Waals surface area contributed by atoms with Crippen molar-refractivity contribution >= 4 is 16.9 Å². The van der Waals surface area contributed by atoms with Gasteiger partial charge in [0.1, 0.15) is 17.4 Å². The molecule has 0 atom stereocenters. The van der Waals surface area contributed by atoms with Crippen molar-refractivity contribution in [3.8, 4) is 5.75 Å². The fourth-order valence-electron chi connectivity index (χ4n) is 4.27. The van der Waals surface area contributed by atoms with Gasteiger partial charge in [-0.05, 0) is 92.8 Å². The molecule has 3 aromatic carbocycles. The van der Waals surface area contributed by atoms with Crippen LogP contribution in [-0.2, 0) is 13.0 Å². The van der Waals surface area contributed by atoms with Crippen molar-refractivity contribution in [3.63, 3.8) is 0 Å². The molecule has 6 heteroatoms. The number of benzene rings is 3. The first-order chi connectivity index (χ1) is 17.5. The van der Waals surface area contributed by atoms with Crippen molar-refractivity contribution in [2.24, 2.45) is 0 Å². The Labute approximate surface area is 212 Å². The molecule has 0 unspecified atom stereocenters. The molecule has 0 bridgehead atoms. The molecule has 0 saturated heterocycles. The summed E-state index contributed by atoms with van der Waals surface area (Å²) in [7, 11) is 0. The Morgan fingerprint density at radius 2 is 1.75 bits per heavy atom. The molecular weight excluding hydrogens is 453 g/mol. The number of para-hydroxylation sites is 2. The van der Waals surface area contributed by atoms with Crippen LogP contribution in [0.25, 0.3) is 11.0 Å². The van der Waals surface area contributed by atoms with Crippen LogP contribution in [-0.4, -0.2) is 28.6 Å². The molecule has 188 valence electrons. The first kappa shape index (κ1) is 25.4. The van der Waals surface area contributed by atoms with Gasteiger partial charge in [0, 0.05) is 25.1 Å². The van der Waals surface area contributed by atoms with E-state index in [1.165, 1.54) is 35.4 Å². The fourth-order valence-corrected chi connectivity index (χ4v) is 4.27. The molecule has 0 aliphatic heterocycles. The summed E-state index contributed by atoms with van der Waals surface area (Å²) in [4.78, 5) is 17.0. The van der Waals surface area contributed by atoms with E-state index in [2.05, 4.69) is 54.1 Å². The lowest BCUT2D eigenvalue weighted by Crippen LogP contribution is -2.24. The van der Waals surface area contributed by atoms with Crippen molar-refractivity contribution in [1.82, 2.24) is 14.9 Å². The molecule has 36 heavy (non-hydrogen) atoms. The molecule has 1 aromatic heterocycles. The number of unbranched alkanes of at least 4 members (excludes halogenated alkanes) is 2. The molecule has 4 aromatic rings. The van der Waals surface area contributed by atoms with Crippen molar-refractivity contribution in [2.45, 2.75) is 52.5 Å². The number of imidazole rings is 1. The predicted octanol–water partition coefficient (Wildman–Crippen LogP) is 6.40. The number of carbonyl (C=O) groups is 1. The number of nitrogens with one attached hydrogen (secondary N) is 1. The van der Waals surface area contributed by atoms with Crippen LogP contribution in [0.2, 0.25) is 0 Å². The Morgan fingerprint density at radius 3 is 2.56 bits per heavy atom. The minimum absolute atomic E-state index is 0.167. The van der Waals surface area contributed by atoms with Crippen LogP contribution < -0.4 is 10.1 Å². The first-order valence-corrected chi connectivity index (χ1v) is 12.7. The topological polar surface area (TPSA) is 56.1 Å². The minimum Gasteiger partial charge on any atom is -0.494 e. The second-order valence-corrected chi connectivity index (χ2v) is 9.19. The third kappa shape index (κ3) is 6.72. The summed E-state index contributed by atoms with van der Waals surface area (Å²) in [5, 5.41) is 2.91. The molecule has 0 radical (unpaired) electrons. The zero-order valence-corrected chi connectivity index (χ0v) is 21.1. The van der Waals surface area contributed by atoms with E-state index >= 15 is 0 Å². The molecule has 1 N–H and O–H groups in total. The Bertz CT molecular complexity index is 1300. The largest absolute Gasteiger partial charge is 0.494 e. The maximum absolute atomic E-state index is 13.0. The second-order valence-electron chi connectivity index (χ2n) is 9.19. The van der Waals surface area contributed by atoms with Gasteiger partial charge in [-0.1, -0.05) is 24.6 Å². The zero-order valence-electron chi connectivity index (χ0n) is 21.1. The van der Waals surface area contributed by atoms with Crippen LogP contribution in [0.3, 0.4) is 0 Å². The van der Waals surface area contributed by atoms with Crippen LogP contribution in [0.1, 0.15) is 53.0 Å². The Morgan fingerprint density at radius 1 is 0.944 bits per heavy atom. The normalized spacial score (nSPS) is 11.1. The van der Waals surface area contributed by atoms with Gasteiger partial charge in [0.2, 0.25) is 0 Å². The number of ether oxygens (including phenoxy) is 1. The average molecular weight is 488 g/mol. The van der Waals surface area contributed by atoms with E-state index in [-0.39, 0.29) is 11.7 Å². The van der Waals surface area contributed by atoms with Gasteiger partial charge in [0.25, 0.3) is 5.91 Å². The quantitative estimate of drug-likeness (QED) is 0.235. The number of hydrogen-bond donors (Lipinski definition) is 1. The summed E-state index contributed by atoms with van der Waals surface area (Å²) in [6.45, 7) is 6.32. The van der Waals surface area contributed by atoms with Gasteiger partial charge in [-0.2, -0.15) is 0 Å². The van der Waals surface area contributed by atoms with Gasteiger partial charge in [-0.3, -0.25) is 4.79 Å². The molecular formula is C30H34FN3O2. The number of carbonyl (C=O) groups excluding carboxylic acids is 1. The van der Waals surface area contributed by atoms with Crippen LogP contribution in [0.5, 0.6) is 5.75 Å². The first-order valence-electron chi connectivity index (χ1n) is 12.7. The molecule has 1 heterocycles. The van der Waals surface area contributed by atoms with Gasteiger partial charge in [0.15, 0.2) is 0 Å². The minimum atomic E-state index is -0.341. The molecule has 1 amide bonds. The third-order valence-corrected chi connectivity index (χ3v) is 6.48. The number of aryl methyl sites for hydroxylation is 4. The molecule has 0 spiro atoms. The number of rotatable bonds is 12. The number of halogens is 1. The predicted molar refractivity (Wildman–Crippen MR) is 142 cm³/mol. The van der Waals surface area contributed by atoms with E-state index in [1.54, 1.807) is 0 Å². The van der Waals surface area contributed by atoms with Gasteiger partial charge >= 0.3 is 0 Å². The van der Waals surface area contributed by atoms with Crippen molar-refractivity contribution in [2.75, 3.05) is 13.2 Å². The lowest BCUT2D eigenvalue weighted by molar-refractivity contribution is 0.0953. The summed E-state index contributed by atoms with van der Waals surface area (Å²) < 4.78 is 21.3. The Hall–Kier alpha value is -3.67. The number of nitrogens with zero attached hydrogens (tertiary/aromatic N) is 2. The Balaban J connectivity index is 1.24. The summed E-state index contributed by atoms with van der Waals surface area (Å²) in [6.07, 6.45) is 4.66. The van der Waals surface area contributed by atoms with Crippen LogP contribution >= 0.6 is 0 Å². The van der Waals surface area contributed by atoms with Gasteiger partial charge in [-0.25, -0.2) is 9.37 Å². The van der Waals surface area contributed by atoms with Crippen LogP contribution in [0, 0.1) is 19.7 Å². The van der Waals surface area contributed by atoms with Gasteiger partial charge < -0.3 is 14.6 Å². The highest BCUT2D eigenvalue weighted by molar-refractivity contribution is 5.94. The number of amides is 1. The van der Waals surface area contributed by atoms with Gasteiger partial charge in [-0.15, -0.1) is 0 Å². The Kier molecular flexibility index (Phi) is 8.71. The maximum atomic E-state index is 13.0. The highest BCUT2D eigenvalue weighted by atomic mass is 19.1. The van der Waals surface area contributed by atoms with Crippen molar-refractivity contribution in [3.05, 3.63) is 95.1 Å². The summed E-state index contributed by atoms with van der Waals surface area (Å²) in [5.41, 5.74) is 5.17. The maximum Gasteiger partial charge on any atom is 0.251 e. The van der Waals surface area contributed by atoms with E-state index in [0.717, 1.165) is 61.3 Å². The molecule has 0 aliphatic carbocycles. The van der Waals surface area contributed by atoms with Crippen LogP contribution in [0.15, 0.2) is 66.7 Å². The third-order valence-electron chi connectivity index (χ3n) is 6.48.